The van der Waals surface area contributed by atoms with Crippen LogP contribution in [0.3, 0.4) is 0 Å². The first kappa shape index (κ1) is 13.4. The number of hydrogen-bond acceptors (Lipinski definition) is 3. The topological polar surface area (TPSA) is 46.6 Å². The molecule has 0 atom stereocenters. The molecule has 3 rings (SSSR count). The molecule has 4 heteroatoms. The Balaban J connectivity index is 1.97. The van der Waals surface area contributed by atoms with Crippen LogP contribution in [0.15, 0.2) is 24.4 Å². The summed E-state index contributed by atoms with van der Waals surface area (Å²) in [6.45, 7) is 7.42. The molecule has 1 aliphatic rings. The number of rotatable bonds is 2. The number of nitrogens with two attached hydrogens (primary N) is 1. The number of imidazole rings is 1. The van der Waals surface area contributed by atoms with Crippen LogP contribution >= 0.6 is 0 Å². The van der Waals surface area contributed by atoms with E-state index >= 15 is 0 Å². The van der Waals surface area contributed by atoms with Crippen LogP contribution in [-0.4, -0.2) is 22.5 Å². The van der Waals surface area contributed by atoms with E-state index in [0.717, 1.165) is 30.2 Å². The molecule has 0 amide bonds. The molecule has 0 bridgehead atoms. The summed E-state index contributed by atoms with van der Waals surface area (Å²) in [5, 5.41) is 0. The summed E-state index contributed by atoms with van der Waals surface area (Å²) in [7, 11) is 0. The Kier molecular flexibility index (Phi) is 3.42. The van der Waals surface area contributed by atoms with Gasteiger partial charge in [0.2, 0.25) is 0 Å². The second kappa shape index (κ2) is 5.09. The van der Waals surface area contributed by atoms with Crippen LogP contribution in [0.5, 0.6) is 0 Å². The van der Waals surface area contributed by atoms with E-state index in [1.54, 1.807) is 0 Å². The molecule has 0 radical (unpaired) electrons. The van der Waals surface area contributed by atoms with E-state index < -0.39 is 0 Å². The first-order valence-electron chi connectivity index (χ1n) is 7.52. The Labute approximate surface area is 120 Å². The lowest BCUT2D eigenvalue weighted by Crippen LogP contribution is -2.27. The number of aromatic nitrogens is 2. The van der Waals surface area contributed by atoms with E-state index in [0.29, 0.717) is 12.0 Å². The van der Waals surface area contributed by atoms with Crippen molar-refractivity contribution in [2.45, 2.75) is 39.7 Å². The normalized spacial score (nSPS) is 19.2. The van der Waals surface area contributed by atoms with E-state index in [1.165, 1.54) is 19.3 Å². The van der Waals surface area contributed by atoms with Gasteiger partial charge in [0.25, 0.3) is 0 Å². The van der Waals surface area contributed by atoms with Gasteiger partial charge in [-0.05, 0) is 36.8 Å². The maximum Gasteiger partial charge on any atom is 0.152 e. The van der Waals surface area contributed by atoms with Crippen molar-refractivity contribution >= 4 is 11.5 Å². The quantitative estimate of drug-likeness (QED) is 0.914. The Bertz CT molecular complexity index is 600. The second-order valence-electron chi connectivity index (χ2n) is 6.52. The summed E-state index contributed by atoms with van der Waals surface area (Å²) < 4.78 is 2.12. The van der Waals surface area contributed by atoms with Gasteiger partial charge >= 0.3 is 0 Å². The molecule has 108 valence electrons. The zero-order chi connectivity index (χ0) is 14.2. The molecule has 0 saturated carbocycles. The molecule has 1 aliphatic heterocycles. The summed E-state index contributed by atoms with van der Waals surface area (Å²) in [6, 6.07) is 6.10. The van der Waals surface area contributed by atoms with E-state index in [4.69, 9.17) is 10.7 Å². The number of pyridine rings is 1. The Morgan fingerprint density at radius 3 is 2.90 bits per heavy atom. The molecule has 1 fully saturated rings. The molecule has 0 aliphatic carbocycles. The maximum absolute atomic E-state index is 5.97. The lowest BCUT2D eigenvalue weighted by molar-refractivity contribution is 0.325. The van der Waals surface area contributed by atoms with Crippen LogP contribution in [0.2, 0.25) is 0 Å². The van der Waals surface area contributed by atoms with Crippen molar-refractivity contribution in [1.82, 2.24) is 9.38 Å². The molecule has 3 heterocycles. The van der Waals surface area contributed by atoms with Gasteiger partial charge < -0.3 is 15.0 Å². The molecule has 0 aromatic carbocycles. The number of nitrogens with zero attached hydrogens (tertiary/aromatic N) is 3. The summed E-state index contributed by atoms with van der Waals surface area (Å²) in [6.07, 6.45) is 5.78. The van der Waals surface area contributed by atoms with Crippen molar-refractivity contribution in [2.75, 3.05) is 18.0 Å². The highest BCUT2D eigenvalue weighted by Crippen LogP contribution is 2.32. The monoisotopic (exact) mass is 272 g/mol. The van der Waals surface area contributed by atoms with Crippen molar-refractivity contribution in [2.24, 2.45) is 11.1 Å². The molecule has 2 aromatic rings. The van der Waals surface area contributed by atoms with Gasteiger partial charge in [0, 0.05) is 25.8 Å². The molecule has 2 aromatic heterocycles. The van der Waals surface area contributed by atoms with Crippen LogP contribution < -0.4 is 10.6 Å². The van der Waals surface area contributed by atoms with Gasteiger partial charge in [-0.2, -0.15) is 0 Å². The number of fused-ring (bicyclic) bond motifs is 1. The molecular formula is C16H24N4. The minimum atomic E-state index is 0.441. The van der Waals surface area contributed by atoms with Crippen molar-refractivity contribution in [1.29, 1.82) is 0 Å². The first-order valence-corrected chi connectivity index (χ1v) is 7.52. The predicted octanol–water partition coefficient (Wildman–Crippen LogP) is 2.81. The fraction of sp³-hybridized carbons (Fsp3) is 0.562. The average Bonchev–Trinajstić information content (AvgIpc) is 2.70. The Morgan fingerprint density at radius 1 is 1.25 bits per heavy atom. The summed E-state index contributed by atoms with van der Waals surface area (Å²) in [5.41, 5.74) is 8.53. The smallest absolute Gasteiger partial charge is 0.152 e. The third kappa shape index (κ3) is 2.40. The molecule has 0 unspecified atom stereocenters. The summed E-state index contributed by atoms with van der Waals surface area (Å²) >= 11 is 0. The minimum Gasteiger partial charge on any atom is -0.355 e. The molecule has 0 spiro atoms. The maximum atomic E-state index is 5.97. The summed E-state index contributed by atoms with van der Waals surface area (Å²) in [4.78, 5) is 7.23. The predicted molar refractivity (Wildman–Crippen MR) is 82.9 cm³/mol. The van der Waals surface area contributed by atoms with Gasteiger partial charge in [0.1, 0.15) is 5.65 Å². The van der Waals surface area contributed by atoms with Gasteiger partial charge in [-0.1, -0.05) is 19.9 Å². The molecular weight excluding hydrogens is 248 g/mol. The van der Waals surface area contributed by atoms with Crippen LogP contribution in [0.25, 0.3) is 5.65 Å². The fourth-order valence-electron chi connectivity index (χ4n) is 3.11. The lowest BCUT2D eigenvalue weighted by atomic mass is 9.85. The van der Waals surface area contributed by atoms with Crippen LogP contribution in [0.1, 0.15) is 38.8 Å². The molecule has 20 heavy (non-hydrogen) atoms. The first-order chi connectivity index (χ1) is 9.61. The third-order valence-electron chi connectivity index (χ3n) is 4.44. The van der Waals surface area contributed by atoms with Gasteiger partial charge in [-0.3, -0.25) is 0 Å². The summed E-state index contributed by atoms with van der Waals surface area (Å²) in [5.74, 6) is 1.08. The SMILES string of the molecule is CC1(C)CCCN(c2nc3ccccn3c2CN)CC1. The highest BCUT2D eigenvalue weighted by Gasteiger charge is 2.25. The standard InChI is InChI=1S/C16H24N4/c1-16(2)7-5-9-19(11-8-16)15-13(12-17)20-10-4-3-6-14(20)18-15/h3-4,6,10H,5,7-9,11-12,17H2,1-2H3. The average molecular weight is 272 g/mol. The van der Waals surface area contributed by atoms with Gasteiger partial charge in [-0.25, -0.2) is 4.98 Å². The van der Waals surface area contributed by atoms with E-state index in [2.05, 4.69) is 29.3 Å². The highest BCUT2D eigenvalue weighted by atomic mass is 15.2. The van der Waals surface area contributed by atoms with Crippen molar-refractivity contribution in [3.8, 4) is 0 Å². The lowest BCUT2D eigenvalue weighted by Gasteiger charge is -2.24. The zero-order valence-corrected chi connectivity index (χ0v) is 12.5. The van der Waals surface area contributed by atoms with E-state index in [-0.39, 0.29) is 0 Å². The Morgan fingerprint density at radius 2 is 2.10 bits per heavy atom. The minimum absolute atomic E-state index is 0.441. The van der Waals surface area contributed by atoms with E-state index in [9.17, 15) is 0 Å². The number of anilines is 1. The molecule has 2 N–H and O–H groups in total. The fourth-order valence-corrected chi connectivity index (χ4v) is 3.11. The van der Waals surface area contributed by atoms with E-state index in [1.807, 2.05) is 18.2 Å². The van der Waals surface area contributed by atoms with Gasteiger partial charge in [0.15, 0.2) is 5.82 Å². The van der Waals surface area contributed by atoms with Crippen molar-refractivity contribution in [3.63, 3.8) is 0 Å². The van der Waals surface area contributed by atoms with Gasteiger partial charge in [0.05, 0.1) is 5.69 Å². The van der Waals surface area contributed by atoms with Crippen LogP contribution in [0, 0.1) is 5.41 Å². The van der Waals surface area contributed by atoms with Crippen molar-refractivity contribution < 1.29 is 0 Å². The number of hydrogen-bond donors (Lipinski definition) is 1. The zero-order valence-electron chi connectivity index (χ0n) is 12.5. The molecule has 4 nitrogen and oxygen atoms in total. The third-order valence-corrected chi connectivity index (χ3v) is 4.44. The Hall–Kier alpha value is -1.55. The largest absolute Gasteiger partial charge is 0.355 e. The van der Waals surface area contributed by atoms with Crippen LogP contribution in [-0.2, 0) is 6.54 Å². The van der Waals surface area contributed by atoms with Gasteiger partial charge in [-0.15, -0.1) is 0 Å². The highest BCUT2D eigenvalue weighted by molar-refractivity contribution is 5.56. The van der Waals surface area contributed by atoms with Crippen molar-refractivity contribution in [3.05, 3.63) is 30.1 Å². The second-order valence-corrected chi connectivity index (χ2v) is 6.52. The van der Waals surface area contributed by atoms with Crippen LogP contribution in [0.4, 0.5) is 5.82 Å². The molecule has 1 saturated heterocycles.